The summed E-state index contributed by atoms with van der Waals surface area (Å²) in [6.07, 6.45) is 0.726. The lowest BCUT2D eigenvalue weighted by Gasteiger charge is -2.26. The molecule has 0 bridgehead atoms. The molecule has 0 saturated carbocycles. The minimum absolute atomic E-state index is 0.0478. The van der Waals surface area contributed by atoms with Crippen LogP contribution < -0.4 is 5.73 Å². The lowest BCUT2D eigenvalue weighted by atomic mass is 10.2. The van der Waals surface area contributed by atoms with Crippen LogP contribution in [0.25, 0.3) is 0 Å². The molecular formula is C13H19ClN2O2S2. The second-order valence-corrected chi connectivity index (χ2v) is 7.42. The van der Waals surface area contributed by atoms with Crippen LogP contribution in [-0.2, 0) is 10.0 Å². The number of sulfonamides is 1. The molecule has 1 rings (SSSR count). The van der Waals surface area contributed by atoms with Gasteiger partial charge in [-0.15, -0.1) is 0 Å². The van der Waals surface area contributed by atoms with E-state index in [9.17, 15) is 8.42 Å². The minimum atomic E-state index is -3.66. The summed E-state index contributed by atoms with van der Waals surface area (Å²) in [5.41, 5.74) is 6.04. The Kier molecular flexibility index (Phi) is 5.94. The molecule has 0 heterocycles. The predicted octanol–water partition coefficient (Wildman–Crippen LogP) is 2.78. The van der Waals surface area contributed by atoms with Gasteiger partial charge >= 0.3 is 0 Å². The summed E-state index contributed by atoms with van der Waals surface area (Å²) in [4.78, 5) is 0.191. The Labute approximate surface area is 131 Å². The molecule has 0 amide bonds. The molecule has 0 aromatic heterocycles. The number of rotatable bonds is 6. The van der Waals surface area contributed by atoms with E-state index >= 15 is 0 Å². The molecule has 4 nitrogen and oxygen atoms in total. The molecule has 0 aliphatic rings. The Morgan fingerprint density at radius 3 is 2.50 bits per heavy atom. The van der Waals surface area contributed by atoms with Gasteiger partial charge in [0.1, 0.15) is 9.88 Å². The van der Waals surface area contributed by atoms with Crippen molar-refractivity contribution in [2.24, 2.45) is 5.73 Å². The van der Waals surface area contributed by atoms with Crippen molar-refractivity contribution in [1.82, 2.24) is 4.31 Å². The van der Waals surface area contributed by atoms with Gasteiger partial charge in [-0.1, -0.05) is 36.8 Å². The molecule has 2 N–H and O–H groups in total. The number of nitrogens with two attached hydrogens (primary N) is 1. The first-order valence-corrected chi connectivity index (χ1v) is 8.55. The van der Waals surface area contributed by atoms with Gasteiger partial charge in [0, 0.05) is 18.2 Å². The Hall–Kier alpha value is -0.690. The van der Waals surface area contributed by atoms with Crippen LogP contribution in [-0.4, -0.2) is 30.3 Å². The van der Waals surface area contributed by atoms with Crippen LogP contribution in [0.3, 0.4) is 0 Å². The fourth-order valence-corrected chi connectivity index (χ4v) is 4.21. The highest BCUT2D eigenvalue weighted by atomic mass is 35.5. The Bertz CT molecular complexity index is 600. The van der Waals surface area contributed by atoms with E-state index in [2.05, 4.69) is 0 Å². The molecular weight excluding hydrogens is 316 g/mol. The van der Waals surface area contributed by atoms with Crippen molar-refractivity contribution in [3.63, 3.8) is 0 Å². The maximum atomic E-state index is 12.7. The number of thiocarbonyl (C=S) groups is 1. The quantitative estimate of drug-likeness (QED) is 0.812. The van der Waals surface area contributed by atoms with E-state index in [-0.39, 0.29) is 20.9 Å². The average Bonchev–Trinajstić information content (AvgIpc) is 2.35. The fraction of sp³-hybridized carbons (Fsp3) is 0.462. The van der Waals surface area contributed by atoms with Gasteiger partial charge in [0.15, 0.2) is 0 Å². The van der Waals surface area contributed by atoms with Crippen LogP contribution in [0.15, 0.2) is 23.1 Å². The van der Waals surface area contributed by atoms with Crippen LogP contribution >= 0.6 is 23.8 Å². The third-order valence-corrected chi connectivity index (χ3v) is 5.61. The van der Waals surface area contributed by atoms with Gasteiger partial charge in [-0.3, -0.25) is 0 Å². The molecule has 0 saturated heterocycles. The van der Waals surface area contributed by atoms with Crippen molar-refractivity contribution in [3.05, 3.63) is 28.8 Å². The molecule has 0 spiro atoms. The van der Waals surface area contributed by atoms with Crippen LogP contribution in [0.5, 0.6) is 0 Å². The van der Waals surface area contributed by atoms with E-state index in [0.29, 0.717) is 12.1 Å². The Morgan fingerprint density at radius 2 is 2.05 bits per heavy atom. The summed E-state index contributed by atoms with van der Waals surface area (Å²) in [5.74, 6) is 0. The molecule has 112 valence electrons. The molecule has 1 aromatic carbocycles. The smallest absolute Gasteiger partial charge is 0.244 e. The SMILES string of the molecule is CCCN(C(C)C)S(=O)(=O)c1cc(C(N)=S)ccc1Cl. The largest absolute Gasteiger partial charge is 0.389 e. The second-order valence-electron chi connectivity index (χ2n) is 4.72. The Morgan fingerprint density at radius 1 is 1.45 bits per heavy atom. The van der Waals surface area contributed by atoms with Gasteiger partial charge in [-0.2, -0.15) is 4.31 Å². The lowest BCUT2D eigenvalue weighted by Crippen LogP contribution is -2.37. The molecule has 0 unspecified atom stereocenters. The van der Waals surface area contributed by atoms with E-state index < -0.39 is 10.0 Å². The summed E-state index contributed by atoms with van der Waals surface area (Å²) >= 11 is 10.9. The lowest BCUT2D eigenvalue weighted by molar-refractivity contribution is 0.354. The van der Waals surface area contributed by atoms with Crippen molar-refractivity contribution >= 4 is 38.8 Å². The first kappa shape index (κ1) is 17.4. The minimum Gasteiger partial charge on any atom is -0.389 e. The monoisotopic (exact) mass is 334 g/mol. The standard InChI is InChI=1S/C13H19ClN2O2S2/c1-4-7-16(9(2)3)20(17,18)12-8-10(13(15)19)5-6-11(12)14/h5-6,8-9H,4,7H2,1-3H3,(H2,15,19). The molecule has 0 aliphatic carbocycles. The summed E-state index contributed by atoms with van der Waals surface area (Å²) in [6.45, 7) is 6.03. The number of benzene rings is 1. The normalized spacial score (nSPS) is 12.1. The zero-order valence-electron chi connectivity index (χ0n) is 11.8. The maximum Gasteiger partial charge on any atom is 0.244 e. The van der Waals surface area contributed by atoms with Crippen molar-refractivity contribution in [2.75, 3.05) is 6.54 Å². The van der Waals surface area contributed by atoms with Gasteiger partial charge in [0.25, 0.3) is 0 Å². The maximum absolute atomic E-state index is 12.7. The van der Waals surface area contributed by atoms with E-state index in [1.807, 2.05) is 20.8 Å². The van der Waals surface area contributed by atoms with Crippen molar-refractivity contribution < 1.29 is 8.42 Å². The highest BCUT2D eigenvalue weighted by Gasteiger charge is 2.28. The van der Waals surface area contributed by atoms with Crippen LogP contribution in [0.2, 0.25) is 5.02 Å². The number of halogens is 1. The zero-order valence-corrected chi connectivity index (χ0v) is 14.1. The van der Waals surface area contributed by atoms with E-state index in [0.717, 1.165) is 6.42 Å². The fourth-order valence-electron chi connectivity index (χ4n) is 1.86. The number of nitrogens with zero attached hydrogens (tertiary/aromatic N) is 1. The van der Waals surface area contributed by atoms with Gasteiger partial charge < -0.3 is 5.73 Å². The van der Waals surface area contributed by atoms with Crippen molar-refractivity contribution in [1.29, 1.82) is 0 Å². The third kappa shape index (κ3) is 3.69. The van der Waals surface area contributed by atoms with Gasteiger partial charge in [0.2, 0.25) is 10.0 Å². The molecule has 7 heteroatoms. The van der Waals surface area contributed by atoms with Crippen molar-refractivity contribution in [3.8, 4) is 0 Å². The molecule has 0 atom stereocenters. The van der Waals surface area contributed by atoms with E-state index in [1.165, 1.54) is 16.4 Å². The van der Waals surface area contributed by atoms with Crippen LogP contribution in [0.4, 0.5) is 0 Å². The average molecular weight is 335 g/mol. The van der Waals surface area contributed by atoms with Crippen LogP contribution in [0, 0.1) is 0 Å². The highest BCUT2D eigenvalue weighted by molar-refractivity contribution is 7.89. The summed E-state index contributed by atoms with van der Waals surface area (Å²) in [7, 11) is -3.66. The third-order valence-electron chi connectivity index (χ3n) is 2.82. The van der Waals surface area contributed by atoms with Crippen LogP contribution in [0.1, 0.15) is 32.8 Å². The van der Waals surface area contributed by atoms with Gasteiger partial charge in [0.05, 0.1) is 5.02 Å². The Balaban J connectivity index is 3.40. The first-order chi connectivity index (χ1) is 9.21. The summed E-state index contributed by atoms with van der Waals surface area (Å²) in [6, 6.07) is 4.41. The summed E-state index contributed by atoms with van der Waals surface area (Å²) < 4.78 is 26.9. The van der Waals surface area contributed by atoms with Gasteiger partial charge in [-0.25, -0.2) is 8.42 Å². The highest BCUT2D eigenvalue weighted by Crippen LogP contribution is 2.27. The topological polar surface area (TPSA) is 63.4 Å². The molecule has 0 aliphatic heterocycles. The van der Waals surface area contributed by atoms with E-state index in [4.69, 9.17) is 29.6 Å². The second kappa shape index (κ2) is 6.85. The zero-order chi connectivity index (χ0) is 15.5. The summed E-state index contributed by atoms with van der Waals surface area (Å²) in [5, 5.41) is 0.173. The van der Waals surface area contributed by atoms with E-state index in [1.54, 1.807) is 6.07 Å². The molecule has 1 aromatic rings. The number of hydrogen-bond donors (Lipinski definition) is 1. The van der Waals surface area contributed by atoms with Gasteiger partial charge in [-0.05, 0) is 32.4 Å². The van der Waals surface area contributed by atoms with Crippen molar-refractivity contribution in [2.45, 2.75) is 38.1 Å². The number of hydrogen-bond acceptors (Lipinski definition) is 3. The molecule has 0 fully saturated rings. The predicted molar refractivity (Wildman–Crippen MR) is 86.7 cm³/mol. The molecule has 0 radical (unpaired) electrons. The first-order valence-electron chi connectivity index (χ1n) is 6.33. The molecule has 20 heavy (non-hydrogen) atoms.